The molecule has 27 heavy (non-hydrogen) atoms. The number of ether oxygens (including phenoxy) is 2. The molecule has 1 aliphatic carbocycles. The summed E-state index contributed by atoms with van der Waals surface area (Å²) in [5.74, 6) is 0.470. The third-order valence-electron chi connectivity index (χ3n) is 4.95. The van der Waals surface area contributed by atoms with E-state index in [2.05, 4.69) is 11.7 Å². The Balaban J connectivity index is 2.70. The van der Waals surface area contributed by atoms with E-state index < -0.39 is 5.60 Å². The molecule has 0 N–H and O–H groups in total. The summed E-state index contributed by atoms with van der Waals surface area (Å²) >= 11 is 0. The van der Waals surface area contributed by atoms with Crippen molar-refractivity contribution in [3.63, 3.8) is 0 Å². The fourth-order valence-corrected chi connectivity index (χ4v) is 2.98. The number of hydrogen-bond donors (Lipinski definition) is 0. The summed E-state index contributed by atoms with van der Waals surface area (Å²) in [5, 5.41) is 0. The van der Waals surface area contributed by atoms with Crippen molar-refractivity contribution >= 4 is 19.1 Å². The summed E-state index contributed by atoms with van der Waals surface area (Å²) in [6.45, 7) is 14.7. The molecule has 0 aromatic heterocycles. The third kappa shape index (κ3) is 6.85. The summed E-state index contributed by atoms with van der Waals surface area (Å²) in [6.07, 6.45) is 3.88. The molecule has 0 heterocycles. The fourth-order valence-electron chi connectivity index (χ4n) is 2.98. The van der Waals surface area contributed by atoms with E-state index >= 15 is 0 Å². The van der Waals surface area contributed by atoms with Crippen LogP contribution in [0.3, 0.4) is 0 Å². The highest BCUT2D eigenvalue weighted by molar-refractivity contribution is 5.75. The minimum Gasteiger partial charge on any atom is -0.474 e. The first-order valence-electron chi connectivity index (χ1n) is 9.43. The van der Waals surface area contributed by atoms with Crippen molar-refractivity contribution in [3.8, 4) is 0 Å². The van der Waals surface area contributed by atoms with Crippen molar-refractivity contribution in [1.82, 2.24) is 4.90 Å². The molecule has 1 aliphatic rings. The van der Waals surface area contributed by atoms with Crippen LogP contribution >= 0.6 is 0 Å². The molecule has 6 nitrogen and oxygen atoms in total. The monoisotopic (exact) mass is 378 g/mol. The van der Waals surface area contributed by atoms with Crippen molar-refractivity contribution in [2.45, 2.75) is 85.0 Å². The zero-order chi connectivity index (χ0) is 20.8. The van der Waals surface area contributed by atoms with E-state index in [1.807, 2.05) is 34.6 Å². The van der Waals surface area contributed by atoms with Gasteiger partial charge in [-0.05, 0) is 85.1 Å². The number of rotatable bonds is 6. The molecule has 1 saturated carbocycles. The van der Waals surface area contributed by atoms with Gasteiger partial charge in [0.15, 0.2) is 0 Å². The molecule has 1 amide bonds. The number of hydrogen-bond acceptors (Lipinski definition) is 5. The average molecular weight is 379 g/mol. The van der Waals surface area contributed by atoms with Gasteiger partial charge in [-0.1, -0.05) is 0 Å². The Labute approximate surface area is 163 Å². The quantitative estimate of drug-likeness (QED) is 0.222. The van der Waals surface area contributed by atoms with Gasteiger partial charge in [0.25, 0.3) is 0 Å². The Kier molecular flexibility index (Phi) is 8.25. The van der Waals surface area contributed by atoms with Gasteiger partial charge >= 0.3 is 6.09 Å². The van der Waals surface area contributed by atoms with E-state index in [0.717, 1.165) is 43.1 Å². The smallest absolute Gasteiger partial charge is 0.410 e. The summed E-state index contributed by atoms with van der Waals surface area (Å²) in [4.78, 5) is 28.9. The van der Waals surface area contributed by atoms with Gasteiger partial charge < -0.3 is 14.4 Å². The maximum absolute atomic E-state index is 12.2. The second-order valence-electron chi connectivity index (χ2n) is 8.15. The summed E-state index contributed by atoms with van der Waals surface area (Å²) in [7, 11) is 1.79. The topological polar surface area (TPSA) is 68.2 Å². The molecule has 0 atom stereocenters. The standard InChI is InChI=1S/C21H34N2O4/c1-14(13-24)15(2)16(3)19(22-7)26-18-11-9-17(10-12-18)23(8)20(25)27-21(4,5)6/h13,17-18H,7,9-12H2,1-6,8H3/b15-14-,19-16?. The molecule has 0 radical (unpaired) electrons. The van der Waals surface area contributed by atoms with Gasteiger partial charge in [-0.3, -0.25) is 4.79 Å². The lowest BCUT2D eigenvalue weighted by molar-refractivity contribution is -0.104. The van der Waals surface area contributed by atoms with Gasteiger partial charge in [-0.25, -0.2) is 9.79 Å². The molecule has 152 valence electrons. The molecule has 0 aromatic carbocycles. The summed E-state index contributed by atoms with van der Waals surface area (Å²) in [5.41, 5.74) is 1.83. The zero-order valence-electron chi connectivity index (χ0n) is 17.8. The summed E-state index contributed by atoms with van der Waals surface area (Å²) < 4.78 is 11.5. The first-order valence-corrected chi connectivity index (χ1v) is 9.43. The predicted molar refractivity (Wildman–Crippen MR) is 108 cm³/mol. The predicted octanol–water partition coefficient (Wildman–Crippen LogP) is 4.65. The van der Waals surface area contributed by atoms with Crippen molar-refractivity contribution in [1.29, 1.82) is 0 Å². The highest BCUT2D eigenvalue weighted by atomic mass is 16.6. The van der Waals surface area contributed by atoms with E-state index in [4.69, 9.17) is 9.47 Å². The Morgan fingerprint density at radius 2 is 1.67 bits per heavy atom. The highest BCUT2D eigenvalue weighted by Gasteiger charge is 2.30. The minimum atomic E-state index is -0.496. The molecule has 0 aromatic rings. The molecular formula is C21H34N2O4. The SMILES string of the molecule is C=NC(OC1CCC(N(C)C(=O)OC(C)(C)C)CC1)=C(C)/C(C)=C(/C)C=O. The molecule has 6 heteroatoms. The molecule has 0 saturated heterocycles. The van der Waals surface area contributed by atoms with Gasteiger partial charge in [-0.15, -0.1) is 0 Å². The van der Waals surface area contributed by atoms with Crippen LogP contribution in [0.1, 0.15) is 67.2 Å². The highest BCUT2D eigenvalue weighted by Crippen LogP contribution is 2.29. The van der Waals surface area contributed by atoms with E-state index in [0.29, 0.717) is 11.5 Å². The van der Waals surface area contributed by atoms with Crippen LogP contribution < -0.4 is 0 Å². The third-order valence-corrected chi connectivity index (χ3v) is 4.95. The van der Waals surface area contributed by atoms with Crippen LogP contribution in [0.15, 0.2) is 27.6 Å². The van der Waals surface area contributed by atoms with Gasteiger partial charge in [0.1, 0.15) is 18.0 Å². The second kappa shape index (κ2) is 9.72. The lowest BCUT2D eigenvalue weighted by Crippen LogP contribution is -2.43. The maximum Gasteiger partial charge on any atom is 0.410 e. The Morgan fingerprint density at radius 1 is 1.11 bits per heavy atom. The van der Waals surface area contributed by atoms with Crippen LogP contribution in [0.2, 0.25) is 0 Å². The largest absolute Gasteiger partial charge is 0.474 e. The normalized spacial score (nSPS) is 22.2. The van der Waals surface area contributed by atoms with Gasteiger partial charge in [-0.2, -0.15) is 0 Å². The van der Waals surface area contributed by atoms with Gasteiger partial charge in [0.05, 0.1) is 0 Å². The Bertz CT molecular complexity index is 621. The van der Waals surface area contributed by atoms with E-state index in [9.17, 15) is 9.59 Å². The van der Waals surface area contributed by atoms with E-state index in [-0.39, 0.29) is 18.2 Å². The van der Waals surface area contributed by atoms with E-state index in [1.54, 1.807) is 18.9 Å². The number of carbonyl (C=O) groups is 2. The number of nitrogens with zero attached hydrogens (tertiary/aromatic N) is 2. The number of carbonyl (C=O) groups excluding carboxylic acids is 2. The van der Waals surface area contributed by atoms with Crippen LogP contribution in [0.4, 0.5) is 4.79 Å². The molecule has 1 rings (SSSR count). The molecule has 0 unspecified atom stereocenters. The number of aldehydes is 1. The Morgan fingerprint density at radius 3 is 2.11 bits per heavy atom. The van der Waals surface area contributed by atoms with Crippen LogP contribution in [-0.2, 0) is 14.3 Å². The molecule has 0 spiro atoms. The lowest BCUT2D eigenvalue weighted by atomic mass is 9.92. The molecule has 1 fully saturated rings. The van der Waals surface area contributed by atoms with Crippen LogP contribution in [0.5, 0.6) is 0 Å². The molecule has 0 bridgehead atoms. The van der Waals surface area contributed by atoms with Crippen molar-refractivity contribution in [3.05, 3.63) is 22.6 Å². The number of allylic oxidation sites excluding steroid dienone is 3. The van der Waals surface area contributed by atoms with E-state index in [1.165, 1.54) is 0 Å². The zero-order valence-corrected chi connectivity index (χ0v) is 17.8. The minimum absolute atomic E-state index is 0.0214. The van der Waals surface area contributed by atoms with Gasteiger partial charge in [0.2, 0.25) is 5.88 Å². The van der Waals surface area contributed by atoms with Crippen LogP contribution in [0.25, 0.3) is 0 Å². The van der Waals surface area contributed by atoms with Crippen molar-refractivity contribution in [2.24, 2.45) is 4.99 Å². The molecular weight excluding hydrogens is 344 g/mol. The maximum atomic E-state index is 12.2. The first kappa shape index (κ1) is 22.9. The summed E-state index contributed by atoms with van der Waals surface area (Å²) in [6, 6.07) is 0.142. The van der Waals surface area contributed by atoms with Crippen LogP contribution in [0, 0.1) is 0 Å². The fraction of sp³-hybridized carbons (Fsp3) is 0.667. The second-order valence-corrected chi connectivity index (χ2v) is 8.15. The van der Waals surface area contributed by atoms with Crippen molar-refractivity contribution < 1.29 is 19.1 Å². The van der Waals surface area contributed by atoms with Gasteiger partial charge in [0, 0.05) is 18.7 Å². The Hall–Kier alpha value is -2.11. The number of amides is 1. The lowest BCUT2D eigenvalue weighted by Gasteiger charge is -2.35. The average Bonchev–Trinajstić information content (AvgIpc) is 2.62. The number of aliphatic imine (C=N–C) groups is 1. The van der Waals surface area contributed by atoms with Crippen molar-refractivity contribution in [2.75, 3.05) is 7.05 Å². The molecule has 0 aliphatic heterocycles. The first-order chi connectivity index (χ1) is 12.5. The van der Waals surface area contributed by atoms with Crippen LogP contribution in [-0.4, -0.2) is 48.8 Å².